The second-order valence-electron chi connectivity index (χ2n) is 1.96. The molecule has 0 amide bonds. The van der Waals surface area contributed by atoms with E-state index in [4.69, 9.17) is 0 Å². The summed E-state index contributed by atoms with van der Waals surface area (Å²) < 4.78 is 24.0. The lowest BCUT2D eigenvalue weighted by molar-refractivity contribution is 0.639. The van der Waals surface area contributed by atoms with E-state index in [1.807, 2.05) is 0 Å². The average molecular weight is 176 g/mol. The molecule has 0 N–H and O–H groups in total. The van der Waals surface area contributed by atoms with Crippen LogP contribution in [-0.4, -0.2) is 5.75 Å². The second-order valence-corrected chi connectivity index (χ2v) is 2.47. The van der Waals surface area contributed by atoms with Gasteiger partial charge in [-0.3, -0.25) is 0 Å². The van der Waals surface area contributed by atoms with Crippen molar-refractivity contribution in [1.29, 1.82) is 0 Å². The van der Waals surface area contributed by atoms with Crippen molar-refractivity contribution in [3.8, 4) is 0 Å². The molecule has 0 aromatic rings. The minimum atomic E-state index is -0.327. The molecule has 0 bridgehead atoms. The quantitative estimate of drug-likeness (QED) is 0.590. The fourth-order valence-corrected chi connectivity index (χ4v) is 0.913. The van der Waals surface area contributed by atoms with Crippen molar-refractivity contribution in [1.82, 2.24) is 0 Å². The molecular formula is C8H10F2S. The standard InChI is InChI=1S/C8H10F2S/c1-3-4-8(6-11-10)5-7(2)9/h3-5H,1,6H2,2H3/b7-5+,8-4+. The molecule has 0 aliphatic carbocycles. The minimum Gasteiger partial charge on any atom is -0.212 e. The van der Waals surface area contributed by atoms with E-state index in [0.717, 1.165) is 0 Å². The molecule has 0 aliphatic rings. The van der Waals surface area contributed by atoms with Gasteiger partial charge in [0.1, 0.15) is 0 Å². The summed E-state index contributed by atoms with van der Waals surface area (Å²) in [5, 5.41) is 0. The van der Waals surface area contributed by atoms with Crippen LogP contribution in [0.15, 0.2) is 36.2 Å². The molecule has 0 rings (SSSR count). The number of hydrogen-bond acceptors (Lipinski definition) is 1. The monoisotopic (exact) mass is 176 g/mol. The number of halogens is 2. The summed E-state index contributed by atoms with van der Waals surface area (Å²) in [5.74, 6) is -0.167. The van der Waals surface area contributed by atoms with Gasteiger partial charge in [0.05, 0.1) is 11.6 Å². The van der Waals surface area contributed by atoms with Crippen molar-refractivity contribution < 1.29 is 8.28 Å². The van der Waals surface area contributed by atoms with Crippen molar-refractivity contribution in [3.05, 3.63) is 36.2 Å². The van der Waals surface area contributed by atoms with Gasteiger partial charge in [-0.1, -0.05) is 18.7 Å². The van der Waals surface area contributed by atoms with E-state index >= 15 is 0 Å². The van der Waals surface area contributed by atoms with E-state index in [9.17, 15) is 8.28 Å². The summed E-state index contributed by atoms with van der Waals surface area (Å²) in [6.07, 6.45) is 4.37. The Bertz CT molecular complexity index is 179. The Balaban J connectivity index is 4.22. The summed E-state index contributed by atoms with van der Waals surface area (Å²) in [6, 6.07) is 0. The van der Waals surface area contributed by atoms with Crippen LogP contribution in [0.25, 0.3) is 0 Å². The molecule has 0 saturated carbocycles. The third kappa shape index (κ3) is 5.85. The summed E-state index contributed by atoms with van der Waals surface area (Å²) in [4.78, 5) is 0. The molecule has 0 aromatic carbocycles. The number of hydrogen-bond donors (Lipinski definition) is 0. The van der Waals surface area contributed by atoms with Crippen LogP contribution in [0.5, 0.6) is 0 Å². The van der Waals surface area contributed by atoms with E-state index in [2.05, 4.69) is 6.58 Å². The van der Waals surface area contributed by atoms with E-state index in [-0.39, 0.29) is 23.7 Å². The maximum Gasteiger partial charge on any atom is 0.0971 e. The van der Waals surface area contributed by atoms with Crippen LogP contribution in [-0.2, 0) is 0 Å². The molecule has 0 aliphatic heterocycles. The van der Waals surface area contributed by atoms with E-state index < -0.39 is 0 Å². The molecule has 0 fully saturated rings. The van der Waals surface area contributed by atoms with Crippen LogP contribution in [0, 0.1) is 0 Å². The second kappa shape index (κ2) is 6.16. The molecule has 0 nitrogen and oxygen atoms in total. The van der Waals surface area contributed by atoms with Gasteiger partial charge in [-0.15, -0.1) is 0 Å². The summed E-state index contributed by atoms with van der Waals surface area (Å²) in [7, 11) is 0. The fraction of sp³-hybridized carbons (Fsp3) is 0.250. The van der Waals surface area contributed by atoms with Gasteiger partial charge in [0.25, 0.3) is 0 Å². The average Bonchev–Trinajstić information content (AvgIpc) is 1.87. The highest BCUT2D eigenvalue weighted by molar-refractivity contribution is 7.94. The van der Waals surface area contributed by atoms with E-state index in [1.54, 1.807) is 6.08 Å². The lowest BCUT2D eigenvalue weighted by atomic mass is 10.2. The zero-order valence-corrected chi connectivity index (χ0v) is 7.13. The summed E-state index contributed by atoms with van der Waals surface area (Å²) >= 11 is 0.164. The van der Waals surface area contributed by atoms with Crippen LogP contribution in [0.1, 0.15) is 6.92 Å². The Labute approximate surface area is 70.0 Å². The topological polar surface area (TPSA) is 0 Å². The van der Waals surface area contributed by atoms with Gasteiger partial charge < -0.3 is 0 Å². The SMILES string of the molecule is C=C/C=C(\C=C(/C)F)CSF. The van der Waals surface area contributed by atoms with Gasteiger partial charge in [0.15, 0.2) is 0 Å². The van der Waals surface area contributed by atoms with Crippen LogP contribution in [0.2, 0.25) is 0 Å². The van der Waals surface area contributed by atoms with Crippen molar-refractivity contribution in [2.45, 2.75) is 6.92 Å². The van der Waals surface area contributed by atoms with Crippen LogP contribution in [0.4, 0.5) is 8.28 Å². The number of allylic oxidation sites excluding steroid dienone is 4. The van der Waals surface area contributed by atoms with Gasteiger partial charge in [-0.2, -0.15) is 3.89 Å². The van der Waals surface area contributed by atoms with Crippen molar-refractivity contribution in [3.63, 3.8) is 0 Å². The first-order chi connectivity index (χ1) is 5.20. The highest BCUT2D eigenvalue weighted by Gasteiger charge is 1.93. The zero-order valence-electron chi connectivity index (χ0n) is 6.31. The van der Waals surface area contributed by atoms with Gasteiger partial charge >= 0.3 is 0 Å². The Morgan fingerprint density at radius 2 is 2.27 bits per heavy atom. The Morgan fingerprint density at radius 1 is 1.64 bits per heavy atom. The molecule has 0 radical (unpaired) electrons. The molecule has 0 heterocycles. The van der Waals surface area contributed by atoms with Crippen molar-refractivity contribution >= 4 is 12.1 Å². The van der Waals surface area contributed by atoms with Crippen LogP contribution >= 0.6 is 12.1 Å². The van der Waals surface area contributed by atoms with Gasteiger partial charge in [-0.05, 0) is 18.6 Å². The lowest BCUT2D eigenvalue weighted by Gasteiger charge is -1.94. The molecule has 3 heteroatoms. The summed E-state index contributed by atoms with van der Waals surface area (Å²) in [6.45, 7) is 4.75. The minimum absolute atomic E-state index is 0.160. The lowest BCUT2D eigenvalue weighted by Crippen LogP contribution is -1.80. The molecule has 62 valence electrons. The molecular weight excluding hydrogens is 166 g/mol. The largest absolute Gasteiger partial charge is 0.212 e. The fourth-order valence-electron chi connectivity index (χ4n) is 0.608. The first-order valence-corrected chi connectivity index (χ1v) is 3.98. The van der Waals surface area contributed by atoms with Gasteiger partial charge in [-0.25, -0.2) is 4.39 Å². The molecule has 0 spiro atoms. The maximum absolute atomic E-state index is 12.3. The van der Waals surface area contributed by atoms with Crippen LogP contribution < -0.4 is 0 Å². The predicted octanol–water partition coefficient (Wildman–Crippen LogP) is 3.59. The number of rotatable bonds is 4. The predicted molar refractivity (Wildman–Crippen MR) is 46.7 cm³/mol. The zero-order chi connectivity index (χ0) is 8.69. The van der Waals surface area contributed by atoms with Crippen molar-refractivity contribution in [2.24, 2.45) is 0 Å². The Hall–Kier alpha value is -0.570. The maximum atomic E-state index is 12.3. The Morgan fingerprint density at radius 3 is 2.64 bits per heavy atom. The van der Waals surface area contributed by atoms with E-state index in [1.165, 1.54) is 19.1 Å². The first kappa shape index (κ1) is 10.4. The highest BCUT2D eigenvalue weighted by Crippen LogP contribution is 2.12. The molecule has 0 unspecified atom stereocenters. The molecule has 0 saturated heterocycles. The van der Waals surface area contributed by atoms with Crippen LogP contribution in [0.3, 0.4) is 0 Å². The molecule has 0 atom stereocenters. The van der Waals surface area contributed by atoms with Gasteiger partial charge in [0.2, 0.25) is 0 Å². The normalized spacial score (nSPS) is 13.4. The van der Waals surface area contributed by atoms with Gasteiger partial charge in [0, 0.05) is 12.1 Å². The third-order valence-corrected chi connectivity index (χ3v) is 1.38. The first-order valence-electron chi connectivity index (χ1n) is 3.09. The van der Waals surface area contributed by atoms with E-state index in [0.29, 0.717) is 5.57 Å². The third-order valence-electron chi connectivity index (χ3n) is 0.937. The van der Waals surface area contributed by atoms with Crippen molar-refractivity contribution in [2.75, 3.05) is 5.75 Å². The highest BCUT2D eigenvalue weighted by atomic mass is 32.2. The smallest absolute Gasteiger partial charge is 0.0971 e. The molecule has 0 aromatic heterocycles. The summed E-state index contributed by atoms with van der Waals surface area (Å²) in [5.41, 5.74) is 0.590. The molecule has 11 heavy (non-hydrogen) atoms. The Kier molecular flexibility index (Phi) is 5.84.